The van der Waals surface area contributed by atoms with Gasteiger partial charge in [0.25, 0.3) is 0 Å². The number of aliphatic hydroxyl groups excluding tert-OH is 1. The van der Waals surface area contributed by atoms with Gasteiger partial charge in [-0.05, 0) is 43.9 Å². The number of hydrogen-bond donors (Lipinski definition) is 3. The number of aliphatic hydroxyl groups is 1. The topological polar surface area (TPSA) is 64.6 Å². The molecule has 0 aliphatic carbocycles. The van der Waals surface area contributed by atoms with Crippen LogP contribution in [0, 0.1) is 0 Å². The summed E-state index contributed by atoms with van der Waals surface area (Å²) in [5.74, 6) is 0. The van der Waals surface area contributed by atoms with E-state index in [-0.39, 0.29) is 12.1 Å². The van der Waals surface area contributed by atoms with Crippen molar-refractivity contribution < 1.29 is 9.90 Å². The third-order valence-corrected chi connectivity index (χ3v) is 4.19. The quantitative estimate of drug-likeness (QED) is 0.752. The molecule has 6 heteroatoms. The van der Waals surface area contributed by atoms with Gasteiger partial charge in [0.15, 0.2) is 0 Å². The Kier molecular flexibility index (Phi) is 6.34. The van der Waals surface area contributed by atoms with Crippen molar-refractivity contribution >= 4 is 29.0 Å². The molecule has 1 atom stereocenters. The molecular formula is C16H24ClN3O2. The summed E-state index contributed by atoms with van der Waals surface area (Å²) < 4.78 is 0. The number of urea groups is 1. The average molecular weight is 326 g/mol. The molecule has 3 N–H and O–H groups in total. The van der Waals surface area contributed by atoms with Gasteiger partial charge in [-0.15, -0.1) is 0 Å². The second-order valence-electron chi connectivity index (χ2n) is 5.59. The van der Waals surface area contributed by atoms with E-state index >= 15 is 0 Å². The zero-order chi connectivity index (χ0) is 15.9. The Hall–Kier alpha value is -1.46. The van der Waals surface area contributed by atoms with Crippen LogP contribution >= 0.6 is 11.6 Å². The number of carbonyl (C=O) groups is 1. The first-order valence-corrected chi connectivity index (χ1v) is 8.25. The van der Waals surface area contributed by atoms with Crippen LogP contribution in [0.3, 0.4) is 0 Å². The van der Waals surface area contributed by atoms with Gasteiger partial charge in [0.2, 0.25) is 0 Å². The molecule has 22 heavy (non-hydrogen) atoms. The molecule has 1 unspecified atom stereocenters. The van der Waals surface area contributed by atoms with Crippen LogP contribution in [-0.4, -0.2) is 36.9 Å². The molecule has 0 saturated carbocycles. The van der Waals surface area contributed by atoms with Crippen LogP contribution in [0.1, 0.15) is 32.6 Å². The maximum absolute atomic E-state index is 11.8. The number of halogens is 1. The molecule has 2 amide bonds. The summed E-state index contributed by atoms with van der Waals surface area (Å²) in [6, 6.07) is 5.30. The van der Waals surface area contributed by atoms with E-state index in [4.69, 9.17) is 11.6 Å². The number of amides is 2. The van der Waals surface area contributed by atoms with Crippen LogP contribution in [0.25, 0.3) is 0 Å². The fourth-order valence-electron chi connectivity index (χ4n) is 2.53. The summed E-state index contributed by atoms with van der Waals surface area (Å²) in [5.41, 5.74) is 1.69. The molecule has 1 aliphatic rings. The van der Waals surface area contributed by atoms with E-state index in [1.165, 1.54) is 12.8 Å². The van der Waals surface area contributed by atoms with E-state index in [9.17, 15) is 9.90 Å². The first-order chi connectivity index (χ1) is 10.6. The molecule has 1 aliphatic heterocycles. The van der Waals surface area contributed by atoms with Crippen LogP contribution in [-0.2, 0) is 0 Å². The standard InChI is InChI=1S/C16H24ClN3O2/c1-2-13(21)7-8-18-16(22)19-12-5-6-15(14(17)11-12)20-9-3-4-10-20/h5-6,11,13,21H,2-4,7-10H2,1H3,(H2,18,19,22). The van der Waals surface area contributed by atoms with Crippen molar-refractivity contribution in [3.63, 3.8) is 0 Å². The Morgan fingerprint density at radius 3 is 2.77 bits per heavy atom. The highest BCUT2D eigenvalue weighted by Crippen LogP contribution is 2.31. The summed E-state index contributed by atoms with van der Waals surface area (Å²) in [7, 11) is 0. The van der Waals surface area contributed by atoms with E-state index in [1.807, 2.05) is 19.1 Å². The van der Waals surface area contributed by atoms with Gasteiger partial charge < -0.3 is 20.6 Å². The van der Waals surface area contributed by atoms with Crippen molar-refractivity contribution in [2.24, 2.45) is 0 Å². The summed E-state index contributed by atoms with van der Waals surface area (Å²) in [6.45, 7) is 4.43. The number of hydrogen-bond acceptors (Lipinski definition) is 3. The minimum atomic E-state index is -0.366. The molecule has 1 fully saturated rings. The number of rotatable bonds is 6. The Balaban J connectivity index is 1.85. The van der Waals surface area contributed by atoms with Crippen LogP contribution in [0.5, 0.6) is 0 Å². The summed E-state index contributed by atoms with van der Waals surface area (Å²) >= 11 is 6.31. The van der Waals surface area contributed by atoms with Crippen molar-refractivity contribution in [2.75, 3.05) is 29.9 Å². The highest BCUT2D eigenvalue weighted by Gasteiger charge is 2.15. The highest BCUT2D eigenvalue weighted by atomic mass is 35.5. The third-order valence-electron chi connectivity index (χ3n) is 3.89. The number of nitrogens with one attached hydrogen (secondary N) is 2. The molecule has 1 aromatic rings. The van der Waals surface area contributed by atoms with Gasteiger partial charge in [0.05, 0.1) is 16.8 Å². The maximum Gasteiger partial charge on any atom is 0.319 e. The molecular weight excluding hydrogens is 302 g/mol. The van der Waals surface area contributed by atoms with Gasteiger partial charge in [-0.1, -0.05) is 18.5 Å². The van der Waals surface area contributed by atoms with Crippen molar-refractivity contribution in [3.8, 4) is 0 Å². The Bertz CT molecular complexity index is 504. The van der Waals surface area contributed by atoms with Crippen LogP contribution in [0.4, 0.5) is 16.2 Å². The molecule has 122 valence electrons. The van der Waals surface area contributed by atoms with Gasteiger partial charge in [-0.25, -0.2) is 4.79 Å². The maximum atomic E-state index is 11.8. The van der Waals surface area contributed by atoms with Gasteiger partial charge in [-0.2, -0.15) is 0 Å². The number of anilines is 2. The van der Waals surface area contributed by atoms with Gasteiger partial charge in [0, 0.05) is 25.3 Å². The lowest BCUT2D eigenvalue weighted by Crippen LogP contribution is -2.31. The first-order valence-electron chi connectivity index (χ1n) is 7.87. The van der Waals surface area contributed by atoms with Crippen molar-refractivity contribution in [3.05, 3.63) is 23.2 Å². The smallest absolute Gasteiger partial charge is 0.319 e. The molecule has 0 spiro atoms. The van der Waals surface area contributed by atoms with E-state index in [0.717, 1.165) is 18.8 Å². The third kappa shape index (κ3) is 4.78. The van der Waals surface area contributed by atoms with E-state index in [1.54, 1.807) is 6.07 Å². The number of benzene rings is 1. The molecule has 2 rings (SSSR count). The van der Waals surface area contributed by atoms with Crippen molar-refractivity contribution in [1.29, 1.82) is 0 Å². The van der Waals surface area contributed by atoms with Crippen LogP contribution in [0.15, 0.2) is 18.2 Å². The lowest BCUT2D eigenvalue weighted by atomic mass is 10.2. The average Bonchev–Trinajstić information content (AvgIpc) is 3.01. The molecule has 0 aromatic heterocycles. The molecule has 1 heterocycles. The van der Waals surface area contributed by atoms with Gasteiger partial charge in [-0.3, -0.25) is 0 Å². The second kappa shape index (κ2) is 8.25. The normalized spacial score (nSPS) is 15.7. The van der Waals surface area contributed by atoms with Crippen LogP contribution < -0.4 is 15.5 Å². The highest BCUT2D eigenvalue weighted by molar-refractivity contribution is 6.33. The zero-order valence-corrected chi connectivity index (χ0v) is 13.7. The Morgan fingerprint density at radius 2 is 2.14 bits per heavy atom. The first kappa shape index (κ1) is 16.9. The fraction of sp³-hybridized carbons (Fsp3) is 0.562. The van der Waals surface area contributed by atoms with Crippen molar-refractivity contribution in [2.45, 2.75) is 38.7 Å². The Morgan fingerprint density at radius 1 is 1.41 bits per heavy atom. The lowest BCUT2D eigenvalue weighted by molar-refractivity contribution is 0.160. The molecule has 0 bridgehead atoms. The van der Waals surface area contributed by atoms with Crippen LogP contribution in [0.2, 0.25) is 5.02 Å². The summed E-state index contributed by atoms with van der Waals surface area (Å²) in [5, 5.41) is 15.6. The number of carbonyl (C=O) groups excluding carboxylic acids is 1. The monoisotopic (exact) mass is 325 g/mol. The predicted octanol–water partition coefficient (Wildman–Crippen LogP) is 3.22. The largest absolute Gasteiger partial charge is 0.393 e. The minimum absolute atomic E-state index is 0.284. The fourth-order valence-corrected chi connectivity index (χ4v) is 2.83. The van der Waals surface area contributed by atoms with Crippen molar-refractivity contribution in [1.82, 2.24) is 5.32 Å². The molecule has 1 saturated heterocycles. The molecule has 5 nitrogen and oxygen atoms in total. The SMILES string of the molecule is CCC(O)CCNC(=O)Nc1ccc(N2CCCC2)c(Cl)c1. The minimum Gasteiger partial charge on any atom is -0.393 e. The van der Waals surface area contributed by atoms with Gasteiger partial charge >= 0.3 is 6.03 Å². The zero-order valence-electron chi connectivity index (χ0n) is 12.9. The van der Waals surface area contributed by atoms with E-state index < -0.39 is 0 Å². The van der Waals surface area contributed by atoms with E-state index in [2.05, 4.69) is 15.5 Å². The van der Waals surface area contributed by atoms with Gasteiger partial charge in [0.1, 0.15) is 0 Å². The van der Waals surface area contributed by atoms with E-state index in [0.29, 0.717) is 30.1 Å². The summed E-state index contributed by atoms with van der Waals surface area (Å²) in [4.78, 5) is 14.0. The second-order valence-corrected chi connectivity index (χ2v) is 6.00. The number of nitrogens with zero attached hydrogens (tertiary/aromatic N) is 1. The lowest BCUT2D eigenvalue weighted by Gasteiger charge is -2.19. The molecule has 0 radical (unpaired) electrons. The Labute approximate surface area is 136 Å². The predicted molar refractivity (Wildman–Crippen MR) is 90.8 cm³/mol. The molecule has 1 aromatic carbocycles. The summed E-state index contributed by atoms with van der Waals surface area (Å²) in [6.07, 6.45) is 3.27.